The van der Waals surface area contributed by atoms with Crippen molar-refractivity contribution < 1.29 is 9.53 Å². The largest absolute Gasteiger partial charge is 0.478 e. The molecule has 1 aliphatic rings. The van der Waals surface area contributed by atoms with E-state index in [2.05, 4.69) is 25.0 Å². The Labute approximate surface area is 140 Å². The van der Waals surface area contributed by atoms with Gasteiger partial charge in [0, 0.05) is 38.4 Å². The van der Waals surface area contributed by atoms with Gasteiger partial charge in [-0.1, -0.05) is 0 Å². The zero-order valence-electron chi connectivity index (χ0n) is 13.9. The lowest BCUT2D eigenvalue weighted by molar-refractivity contribution is -0.134. The van der Waals surface area contributed by atoms with Gasteiger partial charge in [0.25, 0.3) is 0 Å². The summed E-state index contributed by atoms with van der Waals surface area (Å²) in [5, 5.41) is 4.04. The maximum atomic E-state index is 12.5. The van der Waals surface area contributed by atoms with Crippen molar-refractivity contribution in [2.45, 2.75) is 19.9 Å². The summed E-state index contributed by atoms with van der Waals surface area (Å²) in [5.74, 6) is 1.25. The van der Waals surface area contributed by atoms with Crippen LogP contribution < -0.4 is 9.64 Å². The summed E-state index contributed by atoms with van der Waals surface area (Å²) < 4.78 is 6.98. The van der Waals surface area contributed by atoms with Crippen LogP contribution in [0.15, 0.2) is 24.9 Å². The fraction of sp³-hybridized carbons (Fsp3) is 0.533. The number of hydrogen-bond acceptors (Lipinski definition) is 7. The lowest BCUT2D eigenvalue weighted by Crippen LogP contribution is -2.50. The minimum absolute atomic E-state index is 0.0455. The van der Waals surface area contributed by atoms with Crippen LogP contribution >= 0.6 is 0 Å². The summed E-state index contributed by atoms with van der Waals surface area (Å²) in [5.41, 5.74) is 0. The number of carbonyl (C=O) groups excluding carboxylic acids is 1. The van der Waals surface area contributed by atoms with Gasteiger partial charge in [-0.3, -0.25) is 4.79 Å². The van der Waals surface area contributed by atoms with Gasteiger partial charge >= 0.3 is 0 Å². The average molecular weight is 331 g/mol. The number of amides is 1. The Morgan fingerprint density at radius 3 is 2.79 bits per heavy atom. The third-order valence-corrected chi connectivity index (χ3v) is 3.97. The highest BCUT2D eigenvalue weighted by molar-refractivity contribution is 5.80. The molecule has 0 saturated carbocycles. The van der Waals surface area contributed by atoms with Gasteiger partial charge in [-0.25, -0.2) is 14.6 Å². The van der Waals surface area contributed by atoms with Crippen molar-refractivity contribution in [3.8, 4) is 5.88 Å². The van der Waals surface area contributed by atoms with Gasteiger partial charge in [-0.2, -0.15) is 10.1 Å². The Hall–Kier alpha value is -2.71. The molecule has 0 aromatic carbocycles. The van der Waals surface area contributed by atoms with Crippen LogP contribution in [-0.2, 0) is 4.79 Å². The predicted molar refractivity (Wildman–Crippen MR) is 86.7 cm³/mol. The Morgan fingerprint density at radius 1 is 1.33 bits per heavy atom. The van der Waals surface area contributed by atoms with Crippen LogP contribution in [0.25, 0.3) is 0 Å². The molecule has 0 bridgehead atoms. The van der Waals surface area contributed by atoms with Gasteiger partial charge < -0.3 is 14.5 Å². The molecule has 1 fully saturated rings. The van der Waals surface area contributed by atoms with E-state index in [1.165, 1.54) is 6.33 Å². The van der Waals surface area contributed by atoms with Gasteiger partial charge in [0.05, 0.1) is 6.61 Å². The molecule has 128 valence electrons. The van der Waals surface area contributed by atoms with E-state index in [0.29, 0.717) is 44.6 Å². The highest BCUT2D eigenvalue weighted by atomic mass is 16.5. The molecule has 0 unspecified atom stereocenters. The molecule has 0 radical (unpaired) electrons. The van der Waals surface area contributed by atoms with Crippen molar-refractivity contribution in [3.63, 3.8) is 0 Å². The Bertz CT molecular complexity index is 668. The van der Waals surface area contributed by atoms with E-state index in [0.717, 1.165) is 0 Å². The van der Waals surface area contributed by atoms with Crippen LogP contribution in [0.2, 0.25) is 0 Å². The molecule has 0 N–H and O–H groups in total. The molecule has 0 aliphatic carbocycles. The van der Waals surface area contributed by atoms with E-state index in [4.69, 9.17) is 4.74 Å². The number of anilines is 1. The molecule has 0 spiro atoms. The molecule has 2 aromatic rings. The molecule has 3 rings (SSSR count). The SMILES string of the molecule is CCOc1ccnc(N2CCN(C(=O)[C@@H](C)n3cncn3)CC2)n1. The quantitative estimate of drug-likeness (QED) is 0.782. The monoisotopic (exact) mass is 331 g/mol. The zero-order chi connectivity index (χ0) is 16.9. The Kier molecular flexibility index (Phi) is 4.88. The van der Waals surface area contributed by atoms with E-state index in [1.54, 1.807) is 23.3 Å². The molecule has 1 saturated heterocycles. The summed E-state index contributed by atoms with van der Waals surface area (Å²) in [6.45, 7) is 6.94. The fourth-order valence-corrected chi connectivity index (χ4v) is 2.63. The second-order valence-electron chi connectivity index (χ2n) is 5.49. The van der Waals surface area contributed by atoms with Crippen molar-refractivity contribution in [3.05, 3.63) is 24.9 Å². The van der Waals surface area contributed by atoms with Crippen molar-refractivity contribution in [1.29, 1.82) is 0 Å². The molecular formula is C15H21N7O2. The first-order valence-corrected chi connectivity index (χ1v) is 8.02. The molecule has 9 heteroatoms. The van der Waals surface area contributed by atoms with Crippen LogP contribution in [0, 0.1) is 0 Å². The maximum Gasteiger partial charge on any atom is 0.247 e. The van der Waals surface area contributed by atoms with E-state index in [1.807, 2.05) is 18.7 Å². The highest BCUT2D eigenvalue weighted by Crippen LogP contribution is 2.16. The van der Waals surface area contributed by atoms with Gasteiger partial charge in [0.1, 0.15) is 18.7 Å². The number of carbonyl (C=O) groups is 1. The van der Waals surface area contributed by atoms with Crippen LogP contribution in [0.4, 0.5) is 5.95 Å². The predicted octanol–water partition coefficient (Wildman–Crippen LogP) is 0.377. The number of rotatable bonds is 5. The molecule has 2 aromatic heterocycles. The lowest BCUT2D eigenvalue weighted by Gasteiger charge is -2.35. The standard InChI is InChI=1S/C15H21N7O2/c1-3-24-13-4-5-17-15(19-13)21-8-6-20(7-9-21)14(23)12(2)22-11-16-10-18-22/h4-5,10-12H,3,6-9H2,1-2H3/t12-/m1/s1. The Morgan fingerprint density at radius 2 is 2.12 bits per heavy atom. The van der Waals surface area contributed by atoms with Crippen LogP contribution in [-0.4, -0.2) is 68.3 Å². The van der Waals surface area contributed by atoms with Crippen molar-refractivity contribution in [2.75, 3.05) is 37.7 Å². The summed E-state index contributed by atoms with van der Waals surface area (Å²) >= 11 is 0. The van der Waals surface area contributed by atoms with Crippen molar-refractivity contribution in [1.82, 2.24) is 29.6 Å². The molecular weight excluding hydrogens is 310 g/mol. The second-order valence-corrected chi connectivity index (χ2v) is 5.49. The van der Waals surface area contributed by atoms with Crippen LogP contribution in [0.5, 0.6) is 5.88 Å². The molecule has 1 aliphatic heterocycles. The van der Waals surface area contributed by atoms with Gasteiger partial charge in [0.2, 0.25) is 17.7 Å². The lowest BCUT2D eigenvalue weighted by atomic mass is 10.2. The summed E-state index contributed by atoms with van der Waals surface area (Å²) in [6, 6.07) is 1.39. The van der Waals surface area contributed by atoms with Crippen LogP contribution in [0.3, 0.4) is 0 Å². The van der Waals surface area contributed by atoms with Gasteiger partial charge in [-0.15, -0.1) is 0 Å². The van der Waals surface area contributed by atoms with E-state index in [-0.39, 0.29) is 11.9 Å². The van der Waals surface area contributed by atoms with Crippen molar-refractivity contribution >= 4 is 11.9 Å². The first-order chi connectivity index (χ1) is 11.7. The molecule has 3 heterocycles. The number of nitrogens with zero attached hydrogens (tertiary/aromatic N) is 7. The summed E-state index contributed by atoms with van der Waals surface area (Å²) in [7, 11) is 0. The summed E-state index contributed by atoms with van der Waals surface area (Å²) in [4.78, 5) is 29.0. The second kappa shape index (κ2) is 7.24. The third kappa shape index (κ3) is 3.44. The van der Waals surface area contributed by atoms with E-state index >= 15 is 0 Å². The third-order valence-electron chi connectivity index (χ3n) is 3.97. The number of hydrogen-bond donors (Lipinski definition) is 0. The fourth-order valence-electron chi connectivity index (χ4n) is 2.63. The molecule has 1 amide bonds. The topological polar surface area (TPSA) is 89.3 Å². The highest BCUT2D eigenvalue weighted by Gasteiger charge is 2.27. The minimum atomic E-state index is -0.350. The molecule has 9 nitrogen and oxygen atoms in total. The normalized spacial score (nSPS) is 16.1. The minimum Gasteiger partial charge on any atom is -0.478 e. The first-order valence-electron chi connectivity index (χ1n) is 8.02. The zero-order valence-corrected chi connectivity index (χ0v) is 13.9. The molecule has 24 heavy (non-hydrogen) atoms. The molecule has 1 atom stereocenters. The first kappa shape index (κ1) is 16.2. The van der Waals surface area contributed by atoms with Gasteiger partial charge in [0.15, 0.2) is 0 Å². The number of piperazine rings is 1. The van der Waals surface area contributed by atoms with E-state index < -0.39 is 0 Å². The average Bonchev–Trinajstić information content (AvgIpc) is 3.16. The van der Waals surface area contributed by atoms with E-state index in [9.17, 15) is 4.79 Å². The summed E-state index contributed by atoms with van der Waals surface area (Å²) in [6.07, 6.45) is 4.69. The number of aromatic nitrogens is 5. The number of ether oxygens (including phenoxy) is 1. The smallest absolute Gasteiger partial charge is 0.247 e. The van der Waals surface area contributed by atoms with Crippen LogP contribution in [0.1, 0.15) is 19.9 Å². The van der Waals surface area contributed by atoms with Gasteiger partial charge in [-0.05, 0) is 13.8 Å². The Balaban J connectivity index is 1.59. The maximum absolute atomic E-state index is 12.5. The van der Waals surface area contributed by atoms with Crippen molar-refractivity contribution in [2.24, 2.45) is 0 Å².